The second-order valence-electron chi connectivity index (χ2n) is 4.36. The summed E-state index contributed by atoms with van der Waals surface area (Å²) in [6.07, 6.45) is 1.46. The maximum Gasteiger partial charge on any atom is 0.335 e. The van der Waals surface area contributed by atoms with Gasteiger partial charge in [0.1, 0.15) is 5.75 Å². The predicted molar refractivity (Wildman–Crippen MR) is 76.9 cm³/mol. The third-order valence-corrected chi connectivity index (χ3v) is 2.87. The summed E-state index contributed by atoms with van der Waals surface area (Å²) in [5.41, 5.74) is 1.54. The van der Waals surface area contributed by atoms with Gasteiger partial charge in [0.25, 0.3) is 5.91 Å². The molecule has 0 aliphatic rings. The molecule has 1 heterocycles. The molecule has 0 unspecified atom stereocenters. The minimum absolute atomic E-state index is 0.0631. The van der Waals surface area contributed by atoms with Gasteiger partial charge in [0.05, 0.1) is 23.9 Å². The van der Waals surface area contributed by atoms with Crippen LogP contribution in [-0.4, -0.2) is 29.1 Å². The maximum absolute atomic E-state index is 12.1. The molecular weight excluding hydrogens is 272 g/mol. The summed E-state index contributed by atoms with van der Waals surface area (Å²) in [6.45, 7) is 1.82. The molecular formula is C15H14N2O4. The minimum atomic E-state index is -1.08. The Morgan fingerprint density at radius 3 is 2.48 bits per heavy atom. The maximum atomic E-state index is 12.1. The molecule has 0 atom stereocenters. The van der Waals surface area contributed by atoms with Gasteiger partial charge in [-0.1, -0.05) is 0 Å². The van der Waals surface area contributed by atoms with Gasteiger partial charge in [0.2, 0.25) is 0 Å². The van der Waals surface area contributed by atoms with E-state index in [1.165, 1.54) is 31.5 Å². The Kier molecular flexibility index (Phi) is 4.18. The topological polar surface area (TPSA) is 88.5 Å². The number of amides is 1. The number of benzene rings is 1. The van der Waals surface area contributed by atoms with Crippen LogP contribution in [0.15, 0.2) is 36.5 Å². The van der Waals surface area contributed by atoms with E-state index in [1.807, 2.05) is 6.92 Å². The molecule has 0 bridgehead atoms. The van der Waals surface area contributed by atoms with Crippen molar-refractivity contribution in [2.45, 2.75) is 6.92 Å². The smallest absolute Gasteiger partial charge is 0.335 e. The first-order valence-corrected chi connectivity index (χ1v) is 6.16. The van der Waals surface area contributed by atoms with Crippen LogP contribution in [0.1, 0.15) is 26.4 Å². The second kappa shape index (κ2) is 6.04. The summed E-state index contributed by atoms with van der Waals surface area (Å²) in [6, 6.07) is 7.61. The highest BCUT2D eigenvalue weighted by molar-refractivity contribution is 6.05. The summed E-state index contributed by atoms with van der Waals surface area (Å²) in [7, 11) is 1.44. The highest BCUT2D eigenvalue weighted by Crippen LogP contribution is 2.26. The van der Waals surface area contributed by atoms with E-state index in [4.69, 9.17) is 9.84 Å². The molecule has 0 saturated carbocycles. The third-order valence-electron chi connectivity index (χ3n) is 2.87. The Balaban J connectivity index is 2.29. The van der Waals surface area contributed by atoms with Crippen molar-refractivity contribution in [3.05, 3.63) is 53.3 Å². The SMILES string of the molecule is COc1ccc(C(=O)O)cc1NC(=O)c1ccc(C)nc1. The fourth-order valence-corrected chi connectivity index (χ4v) is 1.74. The number of nitrogens with one attached hydrogen (secondary N) is 1. The Morgan fingerprint density at radius 2 is 1.90 bits per heavy atom. The lowest BCUT2D eigenvalue weighted by atomic mass is 10.1. The van der Waals surface area contributed by atoms with Gasteiger partial charge in [-0.3, -0.25) is 9.78 Å². The normalized spacial score (nSPS) is 10.0. The first-order valence-electron chi connectivity index (χ1n) is 6.16. The molecule has 1 aromatic heterocycles. The molecule has 2 aromatic rings. The number of aryl methyl sites for hydroxylation is 1. The first kappa shape index (κ1) is 14.5. The number of hydrogen-bond donors (Lipinski definition) is 2. The number of pyridine rings is 1. The lowest BCUT2D eigenvalue weighted by Crippen LogP contribution is -2.13. The van der Waals surface area contributed by atoms with Crippen LogP contribution in [0, 0.1) is 6.92 Å². The summed E-state index contributed by atoms with van der Waals surface area (Å²) >= 11 is 0. The van der Waals surface area contributed by atoms with E-state index in [2.05, 4.69) is 10.3 Å². The highest BCUT2D eigenvalue weighted by atomic mass is 16.5. The zero-order valence-corrected chi connectivity index (χ0v) is 11.6. The second-order valence-corrected chi connectivity index (χ2v) is 4.36. The van der Waals surface area contributed by atoms with Crippen LogP contribution in [0.3, 0.4) is 0 Å². The van der Waals surface area contributed by atoms with Crippen molar-refractivity contribution in [2.75, 3.05) is 12.4 Å². The van der Waals surface area contributed by atoms with Crippen molar-refractivity contribution >= 4 is 17.6 Å². The monoisotopic (exact) mass is 286 g/mol. The molecule has 0 radical (unpaired) electrons. The number of rotatable bonds is 4. The van der Waals surface area contributed by atoms with E-state index in [-0.39, 0.29) is 11.5 Å². The van der Waals surface area contributed by atoms with Crippen molar-refractivity contribution in [1.82, 2.24) is 4.98 Å². The summed E-state index contributed by atoms with van der Waals surface area (Å²) in [5, 5.41) is 11.6. The van der Waals surface area contributed by atoms with E-state index in [0.717, 1.165) is 5.69 Å². The average Bonchev–Trinajstić information content (AvgIpc) is 2.47. The lowest BCUT2D eigenvalue weighted by molar-refractivity contribution is 0.0696. The molecule has 0 spiro atoms. The number of methoxy groups -OCH3 is 1. The molecule has 2 rings (SSSR count). The number of carbonyl (C=O) groups is 2. The number of carboxylic acids is 1. The molecule has 108 valence electrons. The van der Waals surface area contributed by atoms with Crippen LogP contribution < -0.4 is 10.1 Å². The number of nitrogens with zero attached hydrogens (tertiary/aromatic N) is 1. The zero-order valence-electron chi connectivity index (χ0n) is 11.6. The summed E-state index contributed by atoms with van der Waals surface area (Å²) in [5.74, 6) is -1.08. The fraction of sp³-hybridized carbons (Fsp3) is 0.133. The van der Waals surface area contributed by atoms with Gasteiger partial charge >= 0.3 is 5.97 Å². The summed E-state index contributed by atoms with van der Waals surface area (Å²) < 4.78 is 5.11. The largest absolute Gasteiger partial charge is 0.495 e. The Labute approximate surface area is 121 Å². The van der Waals surface area contributed by atoms with Crippen molar-refractivity contribution < 1.29 is 19.4 Å². The van der Waals surface area contributed by atoms with E-state index >= 15 is 0 Å². The fourth-order valence-electron chi connectivity index (χ4n) is 1.74. The number of aromatic carboxylic acids is 1. The van der Waals surface area contributed by atoms with Crippen molar-refractivity contribution in [1.29, 1.82) is 0 Å². The quantitative estimate of drug-likeness (QED) is 0.900. The molecule has 6 nitrogen and oxygen atoms in total. The molecule has 0 aliphatic carbocycles. The molecule has 6 heteroatoms. The number of carboxylic acid groups (broad SMARTS) is 1. The van der Waals surface area contributed by atoms with Crippen LogP contribution in [0.5, 0.6) is 5.75 Å². The van der Waals surface area contributed by atoms with Crippen molar-refractivity contribution in [3.63, 3.8) is 0 Å². The van der Waals surface area contributed by atoms with E-state index in [9.17, 15) is 9.59 Å². The van der Waals surface area contributed by atoms with Gasteiger partial charge in [0.15, 0.2) is 0 Å². The van der Waals surface area contributed by atoms with Crippen LogP contribution in [0.25, 0.3) is 0 Å². The molecule has 1 aromatic carbocycles. The first-order chi connectivity index (χ1) is 10.0. The van der Waals surface area contributed by atoms with Crippen molar-refractivity contribution in [2.24, 2.45) is 0 Å². The Hall–Kier alpha value is -2.89. The Bertz CT molecular complexity index is 681. The third kappa shape index (κ3) is 3.36. The molecule has 0 fully saturated rings. The molecule has 0 aliphatic heterocycles. The molecule has 1 amide bonds. The van der Waals surface area contributed by atoms with Crippen LogP contribution in [0.4, 0.5) is 5.69 Å². The lowest BCUT2D eigenvalue weighted by Gasteiger charge is -2.11. The van der Waals surface area contributed by atoms with Gasteiger partial charge in [0, 0.05) is 11.9 Å². The zero-order chi connectivity index (χ0) is 15.4. The number of aromatic nitrogens is 1. The molecule has 21 heavy (non-hydrogen) atoms. The van der Waals surface area contributed by atoms with Gasteiger partial charge in [-0.25, -0.2) is 4.79 Å². The number of carbonyl (C=O) groups excluding carboxylic acids is 1. The average molecular weight is 286 g/mol. The van der Waals surface area contributed by atoms with Crippen LogP contribution >= 0.6 is 0 Å². The van der Waals surface area contributed by atoms with E-state index in [1.54, 1.807) is 12.1 Å². The standard InChI is InChI=1S/C15H14N2O4/c1-9-3-4-11(8-16-9)14(18)17-12-7-10(15(19)20)5-6-13(12)21-2/h3-8H,1-2H3,(H,17,18)(H,19,20). The molecule has 0 saturated heterocycles. The van der Waals surface area contributed by atoms with Gasteiger partial charge < -0.3 is 15.2 Å². The van der Waals surface area contributed by atoms with Crippen LogP contribution in [0.2, 0.25) is 0 Å². The van der Waals surface area contributed by atoms with Gasteiger partial charge in [-0.05, 0) is 37.3 Å². The van der Waals surface area contributed by atoms with Gasteiger partial charge in [-0.2, -0.15) is 0 Å². The van der Waals surface area contributed by atoms with E-state index < -0.39 is 5.97 Å². The molecule has 2 N–H and O–H groups in total. The highest BCUT2D eigenvalue weighted by Gasteiger charge is 2.13. The number of ether oxygens (including phenoxy) is 1. The van der Waals surface area contributed by atoms with Gasteiger partial charge in [-0.15, -0.1) is 0 Å². The van der Waals surface area contributed by atoms with Crippen LogP contribution in [-0.2, 0) is 0 Å². The van der Waals surface area contributed by atoms with E-state index in [0.29, 0.717) is 17.0 Å². The Morgan fingerprint density at radius 1 is 1.19 bits per heavy atom. The van der Waals surface area contributed by atoms with Crippen molar-refractivity contribution in [3.8, 4) is 5.75 Å². The minimum Gasteiger partial charge on any atom is -0.495 e. The summed E-state index contributed by atoms with van der Waals surface area (Å²) in [4.78, 5) is 27.1. The number of anilines is 1. The predicted octanol–water partition coefficient (Wildman–Crippen LogP) is 2.35. The number of hydrogen-bond acceptors (Lipinski definition) is 4.